The second-order valence-electron chi connectivity index (χ2n) is 3.08. The molecule has 1 aromatic carbocycles. The van der Waals surface area contributed by atoms with Gasteiger partial charge in [-0.15, -0.1) is 0 Å². The molecule has 2 rings (SSSR count). The Bertz CT molecular complexity index is 330. The van der Waals surface area contributed by atoms with Gasteiger partial charge in [-0.25, -0.2) is 4.39 Å². The van der Waals surface area contributed by atoms with Gasteiger partial charge in [0, 0.05) is 6.42 Å². The van der Waals surface area contributed by atoms with Gasteiger partial charge in [0.2, 0.25) is 0 Å². The van der Waals surface area contributed by atoms with Crippen LogP contribution in [0.3, 0.4) is 0 Å². The zero-order chi connectivity index (χ0) is 8.55. The molecule has 12 heavy (non-hydrogen) atoms. The summed E-state index contributed by atoms with van der Waals surface area (Å²) < 4.78 is 12.5. The van der Waals surface area contributed by atoms with Crippen LogP contribution in [-0.4, -0.2) is 11.2 Å². The maximum Gasteiger partial charge on any atom is 0.146 e. The molecule has 1 aromatic rings. The zero-order valence-corrected chi connectivity index (χ0v) is 7.81. The van der Waals surface area contributed by atoms with Crippen molar-refractivity contribution in [1.82, 2.24) is 0 Å². The van der Waals surface area contributed by atoms with Gasteiger partial charge in [0.25, 0.3) is 0 Å². The van der Waals surface area contributed by atoms with Crippen molar-refractivity contribution in [3.8, 4) is 0 Å². The molecule has 0 spiro atoms. The number of aryl methyl sites for hydroxylation is 1. The number of benzene rings is 1. The molecule has 0 aliphatic carbocycles. The first-order chi connectivity index (χ1) is 5.75. The Hall–Kier alpha value is -0.680. The Morgan fingerprint density at radius 2 is 2.25 bits per heavy atom. The standard InChI is InChI=1S/C10H10FP/c1-7-3-2-4-8(5-7)9-6-10(11)12-9/h2-5,10H,6H2,1H3. The first-order valence-electron chi connectivity index (χ1n) is 4.03. The van der Waals surface area contributed by atoms with Crippen LogP contribution < -0.4 is 0 Å². The summed E-state index contributed by atoms with van der Waals surface area (Å²) in [6.45, 7) is 2.06. The summed E-state index contributed by atoms with van der Waals surface area (Å²) in [7, 11) is 0.875. The van der Waals surface area contributed by atoms with Gasteiger partial charge in [0.15, 0.2) is 0 Å². The van der Waals surface area contributed by atoms with Gasteiger partial charge in [-0.3, -0.25) is 0 Å². The fraction of sp³-hybridized carbons (Fsp3) is 0.300. The van der Waals surface area contributed by atoms with Crippen LogP contribution in [0.25, 0.3) is 0 Å². The number of halogens is 1. The molecule has 0 aromatic heterocycles. The molecule has 1 unspecified atom stereocenters. The predicted molar refractivity (Wildman–Crippen MR) is 51.7 cm³/mol. The molecule has 0 amide bonds. The van der Waals surface area contributed by atoms with Crippen molar-refractivity contribution < 1.29 is 4.39 Å². The highest BCUT2D eigenvalue weighted by Gasteiger charge is 2.19. The average Bonchev–Trinajstić information content (AvgIpc) is 1.99. The third kappa shape index (κ3) is 1.42. The van der Waals surface area contributed by atoms with Crippen molar-refractivity contribution in [3.63, 3.8) is 0 Å². The quantitative estimate of drug-likeness (QED) is 0.582. The lowest BCUT2D eigenvalue weighted by Gasteiger charge is -2.18. The van der Waals surface area contributed by atoms with Gasteiger partial charge in [0.1, 0.15) is 5.91 Å². The minimum Gasteiger partial charge on any atom is -0.237 e. The molecule has 0 saturated heterocycles. The van der Waals surface area contributed by atoms with Gasteiger partial charge in [-0.2, -0.15) is 0 Å². The summed E-state index contributed by atoms with van der Waals surface area (Å²) >= 11 is 0. The normalized spacial score (nSPS) is 22.8. The van der Waals surface area contributed by atoms with Crippen LogP contribution in [-0.2, 0) is 0 Å². The second-order valence-corrected chi connectivity index (χ2v) is 4.44. The fourth-order valence-corrected chi connectivity index (χ4v) is 2.17. The maximum absolute atomic E-state index is 12.5. The highest BCUT2D eigenvalue weighted by Crippen LogP contribution is 2.32. The molecule has 0 radical (unpaired) electrons. The third-order valence-corrected chi connectivity index (χ3v) is 3.22. The predicted octanol–water partition coefficient (Wildman–Crippen LogP) is 3.16. The molecule has 0 N–H and O–H groups in total. The van der Waals surface area contributed by atoms with E-state index < -0.39 is 5.91 Å². The third-order valence-electron chi connectivity index (χ3n) is 2.01. The summed E-state index contributed by atoms with van der Waals surface area (Å²) in [6.07, 6.45) is 0.630. The monoisotopic (exact) mass is 180 g/mol. The highest BCUT2D eigenvalue weighted by atomic mass is 31.1. The first-order valence-corrected chi connectivity index (χ1v) is 5.00. The van der Waals surface area contributed by atoms with Crippen LogP contribution in [0.2, 0.25) is 0 Å². The van der Waals surface area contributed by atoms with E-state index in [-0.39, 0.29) is 0 Å². The molecule has 0 nitrogen and oxygen atoms in total. The van der Waals surface area contributed by atoms with E-state index in [4.69, 9.17) is 0 Å². The van der Waals surface area contributed by atoms with E-state index in [0.29, 0.717) is 6.42 Å². The highest BCUT2D eigenvalue weighted by molar-refractivity contribution is 7.44. The average molecular weight is 180 g/mol. The maximum atomic E-state index is 12.5. The van der Waals surface area contributed by atoms with Gasteiger partial charge < -0.3 is 0 Å². The van der Waals surface area contributed by atoms with Crippen molar-refractivity contribution in [1.29, 1.82) is 0 Å². The lowest BCUT2D eigenvalue weighted by Crippen LogP contribution is -2.13. The van der Waals surface area contributed by atoms with E-state index in [2.05, 4.69) is 25.1 Å². The smallest absolute Gasteiger partial charge is 0.146 e. The Labute approximate surface area is 73.2 Å². The van der Waals surface area contributed by atoms with E-state index in [0.717, 1.165) is 8.20 Å². The Morgan fingerprint density at radius 1 is 1.50 bits per heavy atom. The van der Waals surface area contributed by atoms with E-state index >= 15 is 0 Å². The summed E-state index contributed by atoms with van der Waals surface area (Å²) in [5.74, 6) is -0.611. The Balaban J connectivity index is 2.30. The fourth-order valence-electron chi connectivity index (χ4n) is 1.33. The van der Waals surface area contributed by atoms with Crippen molar-refractivity contribution in [2.45, 2.75) is 19.3 Å². The molecule has 1 aliphatic heterocycles. The number of hydrogen-bond acceptors (Lipinski definition) is 0. The van der Waals surface area contributed by atoms with Crippen LogP contribution in [0.1, 0.15) is 17.5 Å². The van der Waals surface area contributed by atoms with E-state index in [9.17, 15) is 4.39 Å². The summed E-state index contributed by atoms with van der Waals surface area (Å²) in [5, 5.41) is 1.24. The molecule has 1 heterocycles. The van der Waals surface area contributed by atoms with Crippen LogP contribution in [0.5, 0.6) is 0 Å². The molecular formula is C10H10FP. The second kappa shape index (κ2) is 2.99. The summed E-state index contributed by atoms with van der Waals surface area (Å²) in [5.41, 5.74) is 2.46. The van der Waals surface area contributed by atoms with E-state index in [1.807, 2.05) is 6.07 Å². The number of alkyl halides is 1. The van der Waals surface area contributed by atoms with Gasteiger partial charge in [-0.1, -0.05) is 38.0 Å². The van der Waals surface area contributed by atoms with Crippen molar-refractivity contribution in [2.75, 3.05) is 0 Å². The zero-order valence-electron chi connectivity index (χ0n) is 6.92. The lowest BCUT2D eigenvalue weighted by atomic mass is 10.1. The largest absolute Gasteiger partial charge is 0.237 e. The van der Waals surface area contributed by atoms with E-state index in [1.54, 1.807) is 0 Å². The number of rotatable bonds is 1. The topological polar surface area (TPSA) is 0 Å². The van der Waals surface area contributed by atoms with Gasteiger partial charge >= 0.3 is 0 Å². The summed E-state index contributed by atoms with van der Waals surface area (Å²) in [4.78, 5) is 0. The van der Waals surface area contributed by atoms with Crippen molar-refractivity contribution in [3.05, 3.63) is 35.4 Å². The van der Waals surface area contributed by atoms with Crippen molar-refractivity contribution >= 4 is 13.5 Å². The number of hydrogen-bond donors (Lipinski definition) is 0. The molecule has 2 heteroatoms. The Morgan fingerprint density at radius 3 is 2.83 bits per heavy atom. The molecular weight excluding hydrogens is 170 g/mol. The van der Waals surface area contributed by atoms with Crippen LogP contribution >= 0.6 is 8.20 Å². The van der Waals surface area contributed by atoms with Crippen LogP contribution in [0.4, 0.5) is 4.39 Å². The van der Waals surface area contributed by atoms with Crippen molar-refractivity contribution in [2.24, 2.45) is 0 Å². The van der Waals surface area contributed by atoms with Crippen LogP contribution in [0, 0.1) is 6.92 Å². The molecule has 0 bridgehead atoms. The minimum absolute atomic E-state index is 0.611. The van der Waals surface area contributed by atoms with Crippen LogP contribution in [0.15, 0.2) is 24.3 Å². The molecule has 1 aliphatic rings. The molecule has 0 fully saturated rings. The summed E-state index contributed by atoms with van der Waals surface area (Å²) in [6, 6.07) is 8.26. The molecule has 1 atom stereocenters. The molecule has 62 valence electrons. The van der Waals surface area contributed by atoms with Gasteiger partial charge in [0.05, 0.1) is 0 Å². The Kier molecular flexibility index (Phi) is 1.98. The lowest BCUT2D eigenvalue weighted by molar-refractivity contribution is 0.456. The molecule has 0 saturated carbocycles. The van der Waals surface area contributed by atoms with Gasteiger partial charge in [-0.05, 0) is 17.8 Å². The van der Waals surface area contributed by atoms with E-state index in [1.165, 1.54) is 16.4 Å². The SMILES string of the molecule is Cc1cccc(C2=PC(F)C2)c1. The first kappa shape index (κ1) is 7.94. The minimum atomic E-state index is -0.611.